The fourth-order valence-corrected chi connectivity index (χ4v) is 2.33. The highest BCUT2D eigenvalue weighted by atomic mass is 16.6. The highest BCUT2D eigenvalue weighted by molar-refractivity contribution is 5.67. The van der Waals surface area contributed by atoms with E-state index in [9.17, 15) is 4.79 Å². The Bertz CT molecular complexity index is 457. The molecular weight excluding hydrogens is 268 g/mol. The number of carbonyl (C=O) groups excluding carboxylic acids is 1. The van der Waals surface area contributed by atoms with Crippen LogP contribution in [0, 0.1) is 0 Å². The van der Waals surface area contributed by atoms with Crippen LogP contribution in [0.1, 0.15) is 32.6 Å². The molecule has 5 heteroatoms. The molecule has 1 aliphatic rings. The maximum Gasteiger partial charge on any atom is 0.409 e. The third-order valence-electron chi connectivity index (χ3n) is 3.58. The van der Waals surface area contributed by atoms with E-state index in [1.807, 2.05) is 24.3 Å². The number of hydrogen-bond acceptors (Lipinski definition) is 4. The molecule has 2 N–H and O–H groups in total. The summed E-state index contributed by atoms with van der Waals surface area (Å²) in [4.78, 5) is 13.6. The van der Waals surface area contributed by atoms with E-state index in [0.29, 0.717) is 25.4 Å². The predicted octanol–water partition coefficient (Wildman–Crippen LogP) is 3.05. The summed E-state index contributed by atoms with van der Waals surface area (Å²) in [5.41, 5.74) is 6.43. The molecule has 0 aromatic heterocycles. The number of carbonyl (C=O) groups is 1. The molecule has 0 bridgehead atoms. The summed E-state index contributed by atoms with van der Waals surface area (Å²) in [6, 6.07) is 7.44. The minimum Gasteiger partial charge on any atom is -0.490 e. The van der Waals surface area contributed by atoms with Crippen molar-refractivity contribution < 1.29 is 14.3 Å². The van der Waals surface area contributed by atoms with Crippen LogP contribution in [0.15, 0.2) is 24.3 Å². The van der Waals surface area contributed by atoms with Crippen LogP contribution in [0.5, 0.6) is 5.75 Å². The van der Waals surface area contributed by atoms with Gasteiger partial charge in [-0.05, 0) is 18.6 Å². The first-order chi connectivity index (χ1) is 10.2. The number of nitrogen functional groups attached to an aromatic ring is 1. The van der Waals surface area contributed by atoms with E-state index >= 15 is 0 Å². The Balaban J connectivity index is 1.74. The van der Waals surface area contributed by atoms with Gasteiger partial charge < -0.3 is 20.1 Å². The number of piperidine rings is 1. The molecule has 0 unspecified atom stereocenters. The standard InChI is InChI=1S/C16H24N2O3/c1-2-3-11-20-16(19)18-9-7-14(8-10-18)21-15-6-4-5-13(17)12-15/h4-6,12,14H,2-3,7-11,17H2,1H3. The smallest absolute Gasteiger partial charge is 0.409 e. The first kappa shape index (κ1) is 15.5. The number of benzene rings is 1. The lowest BCUT2D eigenvalue weighted by Gasteiger charge is -2.31. The zero-order chi connectivity index (χ0) is 15.1. The van der Waals surface area contributed by atoms with Gasteiger partial charge in [0.15, 0.2) is 0 Å². The second kappa shape index (κ2) is 7.76. The molecule has 5 nitrogen and oxygen atoms in total. The second-order valence-corrected chi connectivity index (χ2v) is 5.34. The molecular formula is C16H24N2O3. The summed E-state index contributed by atoms with van der Waals surface area (Å²) in [7, 11) is 0. The van der Waals surface area contributed by atoms with Gasteiger partial charge in [-0.1, -0.05) is 19.4 Å². The molecule has 1 heterocycles. The summed E-state index contributed by atoms with van der Waals surface area (Å²) in [5.74, 6) is 0.791. The largest absolute Gasteiger partial charge is 0.490 e. The molecule has 1 aromatic rings. The number of nitrogens with zero attached hydrogens (tertiary/aromatic N) is 1. The number of anilines is 1. The van der Waals surface area contributed by atoms with Crippen LogP contribution in [-0.4, -0.2) is 36.8 Å². The van der Waals surface area contributed by atoms with E-state index in [4.69, 9.17) is 15.2 Å². The molecule has 21 heavy (non-hydrogen) atoms. The van der Waals surface area contributed by atoms with E-state index in [2.05, 4.69) is 6.92 Å². The average Bonchev–Trinajstić information content (AvgIpc) is 2.48. The van der Waals surface area contributed by atoms with Gasteiger partial charge in [-0.25, -0.2) is 4.79 Å². The first-order valence-corrected chi connectivity index (χ1v) is 7.63. The van der Waals surface area contributed by atoms with Gasteiger partial charge in [-0.2, -0.15) is 0 Å². The van der Waals surface area contributed by atoms with Crippen molar-refractivity contribution >= 4 is 11.8 Å². The van der Waals surface area contributed by atoms with Gasteiger partial charge in [0.05, 0.1) is 6.61 Å². The van der Waals surface area contributed by atoms with Crippen molar-refractivity contribution in [3.8, 4) is 5.75 Å². The molecule has 1 saturated heterocycles. The van der Waals surface area contributed by atoms with Crippen LogP contribution in [0.25, 0.3) is 0 Å². The lowest BCUT2D eigenvalue weighted by molar-refractivity contribution is 0.0670. The Morgan fingerprint density at radius 3 is 2.81 bits per heavy atom. The third-order valence-corrected chi connectivity index (χ3v) is 3.58. The van der Waals surface area contributed by atoms with Crippen molar-refractivity contribution in [3.63, 3.8) is 0 Å². The molecule has 0 spiro atoms. The molecule has 0 radical (unpaired) electrons. The fourth-order valence-electron chi connectivity index (χ4n) is 2.33. The summed E-state index contributed by atoms with van der Waals surface area (Å²) in [6.07, 6.45) is 3.51. The van der Waals surface area contributed by atoms with Crippen LogP contribution in [-0.2, 0) is 4.74 Å². The zero-order valence-corrected chi connectivity index (χ0v) is 12.6. The SMILES string of the molecule is CCCCOC(=O)N1CCC(Oc2cccc(N)c2)CC1. The predicted molar refractivity (Wildman–Crippen MR) is 82.3 cm³/mol. The third kappa shape index (κ3) is 4.85. The van der Waals surface area contributed by atoms with E-state index in [1.54, 1.807) is 4.90 Å². The highest BCUT2D eigenvalue weighted by Gasteiger charge is 2.24. The molecule has 0 saturated carbocycles. The number of nitrogens with two attached hydrogens (primary N) is 1. The average molecular weight is 292 g/mol. The molecule has 1 aliphatic heterocycles. The highest BCUT2D eigenvalue weighted by Crippen LogP contribution is 2.21. The van der Waals surface area contributed by atoms with Crippen molar-refractivity contribution in [2.24, 2.45) is 0 Å². The Morgan fingerprint density at radius 2 is 2.14 bits per heavy atom. The number of amides is 1. The van der Waals surface area contributed by atoms with Gasteiger partial charge in [0.25, 0.3) is 0 Å². The van der Waals surface area contributed by atoms with Crippen molar-refractivity contribution in [1.29, 1.82) is 0 Å². The summed E-state index contributed by atoms with van der Waals surface area (Å²) in [5, 5.41) is 0. The van der Waals surface area contributed by atoms with E-state index in [1.165, 1.54) is 0 Å². The molecule has 0 aliphatic carbocycles. The number of hydrogen-bond donors (Lipinski definition) is 1. The van der Waals surface area contributed by atoms with Crippen molar-refractivity contribution in [3.05, 3.63) is 24.3 Å². The Morgan fingerprint density at radius 1 is 1.38 bits per heavy atom. The number of unbranched alkanes of at least 4 members (excludes halogenated alkanes) is 1. The van der Waals surface area contributed by atoms with Crippen LogP contribution in [0.3, 0.4) is 0 Å². The molecule has 0 atom stereocenters. The normalized spacial score (nSPS) is 15.8. The van der Waals surface area contributed by atoms with Crippen molar-refractivity contribution in [2.45, 2.75) is 38.7 Å². The zero-order valence-electron chi connectivity index (χ0n) is 12.6. The summed E-state index contributed by atoms with van der Waals surface area (Å²) in [6.45, 7) is 3.94. The van der Waals surface area contributed by atoms with Crippen LogP contribution in [0.4, 0.5) is 10.5 Å². The quantitative estimate of drug-likeness (QED) is 0.669. The Hall–Kier alpha value is -1.91. The Labute approximate surface area is 126 Å². The van der Waals surface area contributed by atoms with Crippen LogP contribution >= 0.6 is 0 Å². The Kier molecular flexibility index (Phi) is 5.72. The van der Waals surface area contributed by atoms with Gasteiger partial charge in [0.1, 0.15) is 11.9 Å². The maximum atomic E-state index is 11.8. The molecule has 116 valence electrons. The summed E-state index contributed by atoms with van der Waals surface area (Å²) >= 11 is 0. The first-order valence-electron chi connectivity index (χ1n) is 7.63. The lowest BCUT2D eigenvalue weighted by atomic mass is 10.1. The monoisotopic (exact) mass is 292 g/mol. The van der Waals surface area contributed by atoms with E-state index in [-0.39, 0.29) is 12.2 Å². The molecule has 1 amide bonds. The minimum absolute atomic E-state index is 0.131. The van der Waals surface area contributed by atoms with Crippen LogP contribution in [0.2, 0.25) is 0 Å². The number of likely N-dealkylation sites (tertiary alicyclic amines) is 1. The van der Waals surface area contributed by atoms with Gasteiger partial charge >= 0.3 is 6.09 Å². The topological polar surface area (TPSA) is 64.8 Å². The van der Waals surface area contributed by atoms with E-state index < -0.39 is 0 Å². The summed E-state index contributed by atoms with van der Waals surface area (Å²) < 4.78 is 11.1. The van der Waals surface area contributed by atoms with Crippen molar-refractivity contribution in [1.82, 2.24) is 4.90 Å². The number of ether oxygens (including phenoxy) is 2. The van der Waals surface area contributed by atoms with Gasteiger partial charge in [-0.15, -0.1) is 0 Å². The van der Waals surface area contributed by atoms with Gasteiger partial charge in [-0.3, -0.25) is 0 Å². The van der Waals surface area contributed by atoms with E-state index in [0.717, 1.165) is 31.4 Å². The van der Waals surface area contributed by atoms with Gasteiger partial charge in [0.2, 0.25) is 0 Å². The molecule has 2 rings (SSSR count). The second-order valence-electron chi connectivity index (χ2n) is 5.34. The minimum atomic E-state index is -0.203. The molecule has 1 fully saturated rings. The lowest BCUT2D eigenvalue weighted by Crippen LogP contribution is -2.42. The van der Waals surface area contributed by atoms with Crippen LogP contribution < -0.4 is 10.5 Å². The number of rotatable bonds is 5. The fraction of sp³-hybridized carbons (Fsp3) is 0.562. The van der Waals surface area contributed by atoms with Gasteiger partial charge in [0, 0.05) is 37.7 Å². The van der Waals surface area contributed by atoms with Crippen molar-refractivity contribution in [2.75, 3.05) is 25.4 Å². The molecule has 1 aromatic carbocycles. The maximum absolute atomic E-state index is 11.8.